The molecule has 0 aliphatic carbocycles. The van der Waals surface area contributed by atoms with E-state index in [0.717, 1.165) is 5.69 Å². The Morgan fingerprint density at radius 3 is 2.58 bits per heavy atom. The van der Waals surface area contributed by atoms with Gasteiger partial charge in [0.15, 0.2) is 0 Å². The zero-order chi connectivity index (χ0) is 7.52. The molecule has 0 aliphatic heterocycles. The predicted molar refractivity (Wildman–Crippen MR) is 47.6 cm³/mol. The molecule has 0 amide bonds. The van der Waals surface area contributed by atoms with Gasteiger partial charge in [-0.25, -0.2) is 0 Å². The molecule has 0 spiro atoms. The van der Waals surface area contributed by atoms with Crippen LogP contribution < -0.4 is 0 Å². The Morgan fingerprint density at radius 2 is 2.00 bits per heavy atom. The molecule has 0 saturated heterocycles. The molecule has 0 bridgehead atoms. The zero-order valence-electron chi connectivity index (χ0n) is 6.21. The van der Waals surface area contributed by atoms with Gasteiger partial charge in [-0.1, -0.05) is 12.1 Å². The summed E-state index contributed by atoms with van der Waals surface area (Å²) in [6.45, 7) is 0. The number of aromatic nitrogens is 1. The minimum Gasteiger partial charge on any atom is -0.255 e. The fraction of sp³-hybridized carbons (Fsp3) is 0. The van der Waals surface area contributed by atoms with E-state index in [1.165, 1.54) is 4.88 Å². The summed E-state index contributed by atoms with van der Waals surface area (Å²) >= 11 is 1.71. The molecule has 0 aliphatic rings. The Hall–Kier alpha value is -0.462. The van der Waals surface area contributed by atoms with Crippen molar-refractivity contribution in [3.8, 4) is 10.6 Å². The Bertz CT molecular complexity index is 318. The van der Waals surface area contributed by atoms with Gasteiger partial charge in [-0.2, -0.15) is 0 Å². The van der Waals surface area contributed by atoms with Crippen molar-refractivity contribution in [2.75, 3.05) is 0 Å². The number of thiophene rings is 1. The van der Waals surface area contributed by atoms with Crippen molar-refractivity contribution in [3.63, 3.8) is 0 Å². The van der Waals surface area contributed by atoms with E-state index in [4.69, 9.17) is 0 Å². The molecule has 0 atom stereocenters. The molecule has 2 aromatic rings. The van der Waals surface area contributed by atoms with Crippen molar-refractivity contribution >= 4 is 11.3 Å². The molecule has 3 heteroatoms. The van der Waals surface area contributed by atoms with Gasteiger partial charge in [-0.15, -0.1) is 11.3 Å². The van der Waals surface area contributed by atoms with E-state index in [1.807, 2.05) is 30.5 Å². The van der Waals surface area contributed by atoms with Crippen molar-refractivity contribution in [2.45, 2.75) is 0 Å². The van der Waals surface area contributed by atoms with Crippen LogP contribution in [0.1, 0.15) is 0 Å². The normalized spacial score (nSPS) is 9.00. The van der Waals surface area contributed by atoms with Crippen molar-refractivity contribution in [2.24, 2.45) is 0 Å². The first-order chi connectivity index (χ1) is 5.47. The van der Waals surface area contributed by atoms with Crippen LogP contribution in [-0.4, -0.2) is 4.98 Å². The van der Waals surface area contributed by atoms with Crippen LogP contribution in [0.5, 0.6) is 0 Å². The minimum atomic E-state index is 0. The first kappa shape index (κ1) is 9.62. The van der Waals surface area contributed by atoms with E-state index < -0.39 is 0 Å². The van der Waals surface area contributed by atoms with Gasteiger partial charge < -0.3 is 0 Å². The predicted octanol–water partition coefficient (Wildman–Crippen LogP) is 2.81. The quantitative estimate of drug-likeness (QED) is 0.766. The van der Waals surface area contributed by atoms with Crippen LogP contribution in [-0.2, 0) is 21.1 Å². The topological polar surface area (TPSA) is 12.9 Å². The SMILES string of the molecule is [Pt+2].c1ccc(-c2cccs2)nc1. The fourth-order valence-corrected chi connectivity index (χ4v) is 1.64. The van der Waals surface area contributed by atoms with Gasteiger partial charge in [0.1, 0.15) is 0 Å². The summed E-state index contributed by atoms with van der Waals surface area (Å²) in [6, 6.07) is 10.1. The minimum absolute atomic E-state index is 0. The summed E-state index contributed by atoms with van der Waals surface area (Å²) in [7, 11) is 0. The molecule has 12 heavy (non-hydrogen) atoms. The van der Waals surface area contributed by atoms with Gasteiger partial charge in [0.25, 0.3) is 0 Å². The average Bonchev–Trinajstić information content (AvgIpc) is 2.58. The summed E-state index contributed by atoms with van der Waals surface area (Å²) in [5, 5.41) is 2.06. The van der Waals surface area contributed by atoms with Crippen LogP contribution >= 0.6 is 11.3 Å². The Labute approximate surface area is 89.7 Å². The monoisotopic (exact) mass is 356 g/mol. The third kappa shape index (κ3) is 2.02. The molecule has 62 valence electrons. The van der Waals surface area contributed by atoms with Crippen LogP contribution in [0.15, 0.2) is 41.9 Å². The Kier molecular flexibility index (Phi) is 3.64. The van der Waals surface area contributed by atoms with Crippen LogP contribution in [0.3, 0.4) is 0 Å². The summed E-state index contributed by atoms with van der Waals surface area (Å²) in [5.74, 6) is 0. The number of hydrogen-bond acceptors (Lipinski definition) is 2. The van der Waals surface area contributed by atoms with Crippen molar-refractivity contribution in [3.05, 3.63) is 41.9 Å². The van der Waals surface area contributed by atoms with E-state index in [-0.39, 0.29) is 21.1 Å². The second-order valence-electron chi connectivity index (χ2n) is 2.19. The first-order valence-corrected chi connectivity index (χ1v) is 4.30. The Morgan fingerprint density at radius 1 is 1.08 bits per heavy atom. The molecule has 0 radical (unpaired) electrons. The molecule has 2 aromatic heterocycles. The summed E-state index contributed by atoms with van der Waals surface area (Å²) in [5.41, 5.74) is 1.06. The molecule has 1 nitrogen and oxygen atoms in total. The van der Waals surface area contributed by atoms with Gasteiger partial charge in [0, 0.05) is 6.20 Å². The van der Waals surface area contributed by atoms with E-state index in [0.29, 0.717) is 0 Å². The first-order valence-electron chi connectivity index (χ1n) is 3.42. The summed E-state index contributed by atoms with van der Waals surface area (Å²) in [6.07, 6.45) is 1.81. The maximum atomic E-state index is 4.23. The third-order valence-electron chi connectivity index (χ3n) is 1.44. The molecule has 0 N–H and O–H groups in total. The maximum Gasteiger partial charge on any atom is 2.00 e. The van der Waals surface area contributed by atoms with Crippen LogP contribution in [0, 0.1) is 0 Å². The molecule has 0 aromatic carbocycles. The number of hydrogen-bond donors (Lipinski definition) is 0. The second kappa shape index (κ2) is 4.54. The Balaban J connectivity index is 0.000000720. The largest absolute Gasteiger partial charge is 2.00 e. The average molecular weight is 356 g/mol. The molecular weight excluding hydrogens is 349 g/mol. The fourth-order valence-electron chi connectivity index (χ4n) is 0.933. The van der Waals surface area contributed by atoms with Gasteiger partial charge in [-0.05, 0) is 23.6 Å². The number of nitrogens with zero attached hydrogens (tertiary/aromatic N) is 1. The van der Waals surface area contributed by atoms with Gasteiger partial charge in [0.05, 0.1) is 10.6 Å². The van der Waals surface area contributed by atoms with Crippen LogP contribution in [0.4, 0.5) is 0 Å². The van der Waals surface area contributed by atoms with Gasteiger partial charge in [0.2, 0.25) is 0 Å². The molecule has 2 heterocycles. The molecular formula is C9H7NPtS+2. The van der Waals surface area contributed by atoms with E-state index >= 15 is 0 Å². The van der Waals surface area contributed by atoms with Gasteiger partial charge >= 0.3 is 21.1 Å². The van der Waals surface area contributed by atoms with E-state index in [2.05, 4.69) is 16.4 Å². The van der Waals surface area contributed by atoms with E-state index in [1.54, 1.807) is 11.3 Å². The smallest absolute Gasteiger partial charge is 0.255 e. The summed E-state index contributed by atoms with van der Waals surface area (Å²) in [4.78, 5) is 5.46. The van der Waals surface area contributed by atoms with Crippen molar-refractivity contribution in [1.29, 1.82) is 0 Å². The zero-order valence-corrected chi connectivity index (χ0v) is 9.30. The number of pyridine rings is 1. The summed E-state index contributed by atoms with van der Waals surface area (Å²) < 4.78 is 0. The van der Waals surface area contributed by atoms with Crippen LogP contribution in [0.2, 0.25) is 0 Å². The maximum absolute atomic E-state index is 4.23. The molecule has 0 fully saturated rings. The number of rotatable bonds is 1. The molecule has 0 saturated carbocycles. The molecule has 0 unspecified atom stereocenters. The van der Waals surface area contributed by atoms with Crippen LogP contribution in [0.25, 0.3) is 10.6 Å². The molecule has 2 rings (SSSR count). The van der Waals surface area contributed by atoms with Gasteiger partial charge in [-0.3, -0.25) is 4.98 Å². The van der Waals surface area contributed by atoms with Crippen molar-refractivity contribution < 1.29 is 21.1 Å². The second-order valence-corrected chi connectivity index (χ2v) is 3.14. The standard InChI is InChI=1S/C9H7NS.Pt/c1-2-6-10-8(4-1)9-5-3-7-11-9;/h1-7H;/q;+2. The van der Waals surface area contributed by atoms with E-state index in [9.17, 15) is 0 Å². The third-order valence-corrected chi connectivity index (χ3v) is 2.33. The van der Waals surface area contributed by atoms with Crippen molar-refractivity contribution in [1.82, 2.24) is 4.98 Å².